The van der Waals surface area contributed by atoms with Gasteiger partial charge in [-0.2, -0.15) is 18.2 Å². The Morgan fingerprint density at radius 2 is 1.88 bits per heavy atom. The van der Waals surface area contributed by atoms with Crippen LogP contribution in [0.15, 0.2) is 39.6 Å². The monoisotopic (exact) mass is 586 g/mol. The van der Waals surface area contributed by atoms with Crippen LogP contribution in [0.5, 0.6) is 0 Å². The molecule has 1 aliphatic heterocycles. The zero-order valence-corrected chi connectivity index (χ0v) is 23.4. The number of nitrogens with zero attached hydrogens (tertiary/aromatic N) is 6. The second-order valence-electron chi connectivity index (χ2n) is 11.3. The van der Waals surface area contributed by atoms with Gasteiger partial charge in [-0.3, -0.25) is 9.51 Å². The van der Waals surface area contributed by atoms with E-state index in [2.05, 4.69) is 41.8 Å². The van der Waals surface area contributed by atoms with E-state index in [1.807, 2.05) is 34.9 Å². The van der Waals surface area contributed by atoms with Gasteiger partial charge in [-0.05, 0) is 37.2 Å². The van der Waals surface area contributed by atoms with Gasteiger partial charge in [-0.25, -0.2) is 14.8 Å². The number of aromatic amines is 1. The number of halogens is 3. The van der Waals surface area contributed by atoms with Crippen molar-refractivity contribution in [2.45, 2.75) is 64.3 Å². The SMILES string of the molecule is C[C@@H](Nc1nc(-c2noc(=O)[nH]2)nc2nc(N3CCOC[C@H]3c3ccccc3)n(C[C@H]3CC[C@H](C)CC3)c12)C(F)(F)F. The molecule has 2 fully saturated rings. The quantitative estimate of drug-likeness (QED) is 0.310. The molecular formula is C28H33F3N8O3. The number of alkyl halides is 3. The largest absolute Gasteiger partial charge is 0.439 e. The summed E-state index contributed by atoms with van der Waals surface area (Å²) in [6, 6.07) is 7.85. The van der Waals surface area contributed by atoms with Gasteiger partial charge < -0.3 is 19.5 Å². The second-order valence-corrected chi connectivity index (χ2v) is 11.3. The number of hydrogen-bond acceptors (Lipinski definition) is 9. The topological polar surface area (TPSA) is 127 Å². The summed E-state index contributed by atoms with van der Waals surface area (Å²) in [7, 11) is 0. The molecular weight excluding hydrogens is 553 g/mol. The normalized spacial score (nSPS) is 22.4. The standard InChI is InChI=1S/C28H33F3N8O3/c1-16-8-10-18(11-9-16)14-39-21-22(32-17(2)28(29,30)31)33-24(25-36-27(40)42-37-25)34-23(21)35-26(39)38-12-13-41-15-20(38)19-6-4-3-5-7-19/h3-7,16-18,20H,8-15H2,1-2H3,(H,32,33,34)(H,36,37,40)/t16-,17-,18-,20+/m1/s1. The minimum Gasteiger partial charge on any atom is -0.377 e. The molecule has 1 aliphatic carbocycles. The van der Waals surface area contributed by atoms with Crippen LogP contribution in [0.2, 0.25) is 0 Å². The van der Waals surface area contributed by atoms with Crippen LogP contribution < -0.4 is 16.0 Å². The zero-order valence-electron chi connectivity index (χ0n) is 23.4. The van der Waals surface area contributed by atoms with E-state index in [0.29, 0.717) is 49.6 Å². The summed E-state index contributed by atoms with van der Waals surface area (Å²) in [4.78, 5) is 30.1. The van der Waals surface area contributed by atoms with Crippen molar-refractivity contribution in [1.29, 1.82) is 0 Å². The fourth-order valence-corrected chi connectivity index (χ4v) is 5.80. The zero-order chi connectivity index (χ0) is 29.4. The number of nitrogens with one attached hydrogen (secondary N) is 2. The maximum atomic E-state index is 13.8. The summed E-state index contributed by atoms with van der Waals surface area (Å²) in [5.41, 5.74) is 1.60. The molecule has 0 spiro atoms. The number of hydrogen-bond donors (Lipinski definition) is 2. The first-order valence-electron chi connectivity index (χ1n) is 14.2. The van der Waals surface area contributed by atoms with E-state index in [1.165, 1.54) is 0 Å². The van der Waals surface area contributed by atoms with Crippen molar-refractivity contribution in [3.05, 3.63) is 46.4 Å². The van der Waals surface area contributed by atoms with Gasteiger partial charge >= 0.3 is 11.9 Å². The van der Waals surface area contributed by atoms with Gasteiger partial charge in [0.1, 0.15) is 11.6 Å². The lowest BCUT2D eigenvalue weighted by Gasteiger charge is -2.37. The third-order valence-electron chi connectivity index (χ3n) is 8.23. The molecule has 6 rings (SSSR count). The van der Waals surface area contributed by atoms with Crippen LogP contribution in [0.1, 0.15) is 51.1 Å². The van der Waals surface area contributed by atoms with Gasteiger partial charge in [0.15, 0.2) is 11.5 Å². The van der Waals surface area contributed by atoms with E-state index in [0.717, 1.165) is 38.2 Å². The van der Waals surface area contributed by atoms with E-state index in [4.69, 9.17) is 9.72 Å². The molecule has 2 atom stereocenters. The van der Waals surface area contributed by atoms with Crippen LogP contribution in [0, 0.1) is 11.8 Å². The molecule has 42 heavy (non-hydrogen) atoms. The molecule has 2 aliphatic rings. The Morgan fingerprint density at radius 1 is 1.12 bits per heavy atom. The van der Waals surface area contributed by atoms with Crippen molar-refractivity contribution in [2.24, 2.45) is 11.8 Å². The highest BCUT2D eigenvalue weighted by Gasteiger charge is 2.38. The molecule has 1 aromatic carbocycles. The fraction of sp³-hybridized carbons (Fsp3) is 0.536. The number of fused-ring (bicyclic) bond motifs is 1. The number of morpholine rings is 1. The van der Waals surface area contributed by atoms with Gasteiger partial charge in [0, 0.05) is 13.1 Å². The smallest absolute Gasteiger partial charge is 0.377 e. The maximum Gasteiger partial charge on any atom is 0.439 e. The van der Waals surface area contributed by atoms with Crippen LogP contribution in [0.4, 0.5) is 24.9 Å². The molecule has 14 heteroatoms. The van der Waals surface area contributed by atoms with Crippen molar-refractivity contribution >= 4 is 22.9 Å². The Balaban J connectivity index is 1.53. The molecule has 1 saturated carbocycles. The lowest BCUT2D eigenvalue weighted by molar-refractivity contribution is -0.138. The molecule has 1 saturated heterocycles. The molecule has 0 radical (unpaired) electrons. The van der Waals surface area contributed by atoms with Crippen LogP contribution >= 0.6 is 0 Å². The molecule has 4 heterocycles. The van der Waals surface area contributed by atoms with Gasteiger partial charge in [-0.15, -0.1) is 0 Å². The van der Waals surface area contributed by atoms with Crippen LogP contribution in [-0.4, -0.2) is 61.6 Å². The molecule has 224 valence electrons. The summed E-state index contributed by atoms with van der Waals surface area (Å²) >= 11 is 0. The number of H-pyrrole nitrogens is 1. The fourth-order valence-electron chi connectivity index (χ4n) is 5.80. The summed E-state index contributed by atoms with van der Waals surface area (Å²) in [5.74, 6) is 0.462. The number of aromatic nitrogens is 6. The Kier molecular flexibility index (Phi) is 7.64. The highest BCUT2D eigenvalue weighted by atomic mass is 19.4. The second kappa shape index (κ2) is 11.4. The number of anilines is 2. The first kappa shape index (κ1) is 28.2. The number of rotatable bonds is 7. The first-order valence-corrected chi connectivity index (χ1v) is 14.2. The Bertz CT molecular complexity index is 1580. The Hall–Kier alpha value is -3.94. The van der Waals surface area contributed by atoms with Crippen molar-refractivity contribution in [3.63, 3.8) is 0 Å². The van der Waals surface area contributed by atoms with Crippen LogP contribution in [0.3, 0.4) is 0 Å². The minimum absolute atomic E-state index is 0.0453. The summed E-state index contributed by atoms with van der Waals surface area (Å²) in [5, 5.41) is 6.21. The van der Waals surface area contributed by atoms with E-state index < -0.39 is 18.0 Å². The van der Waals surface area contributed by atoms with E-state index in [-0.39, 0.29) is 29.2 Å². The van der Waals surface area contributed by atoms with Gasteiger partial charge in [0.2, 0.25) is 17.6 Å². The third-order valence-corrected chi connectivity index (χ3v) is 8.23. The lowest BCUT2D eigenvalue weighted by atomic mass is 9.83. The lowest BCUT2D eigenvalue weighted by Crippen LogP contribution is -2.41. The number of imidazole rings is 1. The summed E-state index contributed by atoms with van der Waals surface area (Å²) < 4.78 is 53.8. The first-order chi connectivity index (χ1) is 20.2. The van der Waals surface area contributed by atoms with E-state index in [1.54, 1.807) is 0 Å². The minimum atomic E-state index is -4.53. The predicted molar refractivity (Wildman–Crippen MR) is 149 cm³/mol. The molecule has 11 nitrogen and oxygen atoms in total. The number of ether oxygens (including phenoxy) is 1. The molecule has 0 amide bonds. The van der Waals surface area contributed by atoms with Crippen molar-refractivity contribution in [1.82, 2.24) is 29.7 Å². The highest BCUT2D eigenvalue weighted by molar-refractivity contribution is 5.87. The van der Waals surface area contributed by atoms with Crippen molar-refractivity contribution in [3.8, 4) is 11.6 Å². The molecule has 0 bridgehead atoms. The van der Waals surface area contributed by atoms with E-state index in [9.17, 15) is 18.0 Å². The van der Waals surface area contributed by atoms with Crippen LogP contribution in [0.25, 0.3) is 22.8 Å². The average molecular weight is 587 g/mol. The Labute approximate surface area is 239 Å². The van der Waals surface area contributed by atoms with Crippen molar-refractivity contribution in [2.75, 3.05) is 30.0 Å². The molecule has 3 aromatic heterocycles. The number of benzene rings is 1. The highest BCUT2D eigenvalue weighted by Crippen LogP contribution is 2.38. The molecule has 4 aromatic rings. The molecule has 0 unspecified atom stereocenters. The van der Waals surface area contributed by atoms with Crippen LogP contribution in [-0.2, 0) is 11.3 Å². The molecule has 2 N–H and O–H groups in total. The van der Waals surface area contributed by atoms with Gasteiger partial charge in [-0.1, -0.05) is 55.3 Å². The summed E-state index contributed by atoms with van der Waals surface area (Å²) in [6.07, 6.45) is -0.339. The third kappa shape index (κ3) is 5.72. The van der Waals surface area contributed by atoms with Gasteiger partial charge in [0.25, 0.3) is 0 Å². The average Bonchev–Trinajstić information content (AvgIpc) is 3.58. The predicted octanol–water partition coefficient (Wildman–Crippen LogP) is 4.94. The van der Waals surface area contributed by atoms with Gasteiger partial charge in [0.05, 0.1) is 19.3 Å². The van der Waals surface area contributed by atoms with E-state index >= 15 is 0 Å². The van der Waals surface area contributed by atoms with Crippen molar-refractivity contribution < 1.29 is 22.4 Å². The summed E-state index contributed by atoms with van der Waals surface area (Å²) in [6.45, 7) is 5.27. The Morgan fingerprint density at radius 3 is 2.57 bits per heavy atom. The maximum absolute atomic E-state index is 13.8.